The van der Waals surface area contributed by atoms with Gasteiger partial charge in [-0.05, 0) is 79.8 Å². The standard InChI is InChI=1S/C88H111N13O42S2/c1-3-39-41-18-38(10-13-48(41)93-66-46(39)28-101-54(66)22-47-40(83(101)135)11-14-62(114)88(47,141)4-2)143-87(140)142-15-16-144-145-33-53(85(138)139)98-81(133)45(71(124)75(128)61(113)32-105)21-57(109)52(25-65(119)120)97-80(132)44(70(123)74(127)60(112)31-104)20-56(108)51(24-64(117)118)96-79(131)43(69(122)73(126)59(111)30-103)19-55(107)50(23-63(115)116)95-78(130)42(68(121)72(125)58(110)29-102)17-37(106)9-12-49(84(136)137)94-77(129)34-5-7-35(8-6-34)90-26-36-27-91-76-67(92-36)82(134)100-86(89)99-76/h5-8,10,13,18,22,27,42-45,49-53,58-61,68-75,90,102-105,110-113,121-128,141H,3-4,9,11-12,14-17,19-21,23-26,28-33H2,1-2H3,(H,94,129)(H,95,130)(H,96,131)(H,97,132)(H,98,133)(H,115,116)(H,117,118)(H,119,120)(H,136,137)(H,138,139)(H3,89,91,99,100,134)/t42-,43-,44-,45-,49-,50-,51-,52-,53+,58+,59+,60+,61+,68+,69+,70+,71+,72+,73+,74+,75+,88-/m0/s1. The number of aromatic nitrogens is 6. The van der Waals surface area contributed by atoms with Crippen LogP contribution < -0.4 is 53.5 Å². The van der Waals surface area contributed by atoms with Gasteiger partial charge in [-0.1, -0.05) is 35.4 Å². The van der Waals surface area contributed by atoms with E-state index in [0.717, 1.165) is 16.4 Å². The fourth-order valence-corrected chi connectivity index (χ4v) is 18.0. The van der Waals surface area contributed by atoms with E-state index in [9.17, 15) is 199 Å². The molecule has 5 amide bonds. The molecule has 22 atom stereocenters. The molecule has 0 fully saturated rings. The Morgan fingerprint density at radius 3 is 1.46 bits per heavy atom. The highest BCUT2D eigenvalue weighted by Gasteiger charge is 2.49. The maximum absolute atomic E-state index is 14.6. The van der Waals surface area contributed by atoms with Crippen LogP contribution in [0.5, 0.6) is 5.75 Å². The van der Waals surface area contributed by atoms with Gasteiger partial charge in [0.15, 0.2) is 34.3 Å². The van der Waals surface area contributed by atoms with E-state index in [0.29, 0.717) is 56.3 Å². The number of amides is 5. The van der Waals surface area contributed by atoms with Crippen molar-refractivity contribution in [3.05, 3.63) is 109 Å². The molecular weight excluding hydrogens is 1980 g/mol. The van der Waals surface area contributed by atoms with E-state index in [-0.39, 0.29) is 83.3 Å². The summed E-state index contributed by atoms with van der Waals surface area (Å²) in [6, 6.07) is -0.568. The molecule has 0 spiro atoms. The largest absolute Gasteiger partial charge is 0.513 e. The maximum Gasteiger partial charge on any atom is 0.513 e. The Balaban J connectivity index is 0.938. The van der Waals surface area contributed by atoms with Gasteiger partial charge >= 0.3 is 36.0 Å². The predicted molar refractivity (Wildman–Crippen MR) is 494 cm³/mol. The Morgan fingerprint density at radius 2 is 1.01 bits per heavy atom. The van der Waals surface area contributed by atoms with Crippen molar-refractivity contribution in [2.75, 3.05) is 55.6 Å². The van der Waals surface area contributed by atoms with Crippen LogP contribution in [0, 0.1) is 23.7 Å². The third-order valence-electron chi connectivity index (χ3n) is 24.1. The molecule has 0 saturated heterocycles. The zero-order valence-electron chi connectivity index (χ0n) is 77.0. The number of hydrogen-bond acceptors (Lipinski definition) is 45. The van der Waals surface area contributed by atoms with E-state index in [1.54, 1.807) is 29.7 Å². The minimum atomic E-state index is -2.97. The van der Waals surface area contributed by atoms with Crippen molar-refractivity contribution in [3.8, 4) is 17.1 Å². The van der Waals surface area contributed by atoms with Crippen LogP contribution in [0.1, 0.15) is 123 Å². The number of benzene rings is 2. The highest BCUT2D eigenvalue weighted by molar-refractivity contribution is 8.76. The normalized spacial score (nSPS) is 17.7. The molecule has 792 valence electrons. The number of aromatic amines is 1. The highest BCUT2D eigenvalue weighted by Crippen LogP contribution is 2.42. The number of ketones is 5. The van der Waals surface area contributed by atoms with Crippen LogP contribution in [0.25, 0.3) is 33.5 Å². The topological polar surface area (TPSA) is 941 Å². The van der Waals surface area contributed by atoms with Crippen molar-refractivity contribution in [1.82, 2.24) is 56.1 Å². The lowest BCUT2D eigenvalue weighted by Crippen LogP contribution is -2.56. The van der Waals surface area contributed by atoms with Gasteiger partial charge in [0.1, 0.15) is 84.7 Å². The molecule has 0 unspecified atom stereocenters. The molecule has 5 heterocycles. The van der Waals surface area contributed by atoms with E-state index in [1.165, 1.54) is 47.2 Å². The van der Waals surface area contributed by atoms with Crippen molar-refractivity contribution in [2.24, 2.45) is 23.7 Å². The zero-order chi connectivity index (χ0) is 108. The average Bonchev–Trinajstić information content (AvgIpc) is 1.57. The van der Waals surface area contributed by atoms with E-state index >= 15 is 0 Å². The van der Waals surface area contributed by atoms with Crippen LogP contribution in [0.2, 0.25) is 0 Å². The fraction of sp³-hybridized carbons (Fsp3) is 0.523. The number of nitrogens with zero attached hydrogens (tertiary/aromatic N) is 5. The van der Waals surface area contributed by atoms with Gasteiger partial charge in [0, 0.05) is 83.4 Å². The summed E-state index contributed by atoms with van der Waals surface area (Å²) in [4.78, 5) is 263. The fourth-order valence-electron chi connectivity index (χ4n) is 16.0. The molecule has 1 aliphatic carbocycles. The summed E-state index contributed by atoms with van der Waals surface area (Å²) in [5.74, 6) is -36.8. The zero-order valence-corrected chi connectivity index (χ0v) is 78.6. The second kappa shape index (κ2) is 53.2. The van der Waals surface area contributed by atoms with Crippen molar-refractivity contribution >= 4 is 150 Å². The molecule has 0 bridgehead atoms. The van der Waals surface area contributed by atoms with Crippen LogP contribution in [0.3, 0.4) is 0 Å². The minimum absolute atomic E-state index is 0.00350. The summed E-state index contributed by atoms with van der Waals surface area (Å²) in [6.07, 6.45) is -44.6. The van der Waals surface area contributed by atoms with E-state index < -0.39 is 329 Å². The number of nitrogens with two attached hydrogens (primary N) is 1. The molecule has 0 saturated carbocycles. The van der Waals surface area contributed by atoms with Crippen LogP contribution in [0.15, 0.2) is 64.3 Å². The van der Waals surface area contributed by atoms with Crippen molar-refractivity contribution in [3.63, 3.8) is 0 Å². The van der Waals surface area contributed by atoms with Crippen LogP contribution >= 0.6 is 21.6 Å². The summed E-state index contributed by atoms with van der Waals surface area (Å²) < 4.78 is 12.2. The van der Waals surface area contributed by atoms with E-state index in [4.69, 9.17) is 20.2 Å². The summed E-state index contributed by atoms with van der Waals surface area (Å²) in [5.41, 5.74) is 6.28. The summed E-state index contributed by atoms with van der Waals surface area (Å²) in [7, 11) is 1.56. The van der Waals surface area contributed by atoms with Gasteiger partial charge in [-0.15, -0.1) is 0 Å². The number of pyridine rings is 2. The van der Waals surface area contributed by atoms with E-state index in [1.807, 2.05) is 17.6 Å². The first-order valence-electron chi connectivity index (χ1n) is 44.6. The number of carbonyl (C=O) groups is 16. The van der Waals surface area contributed by atoms with E-state index in [2.05, 4.69) is 30.6 Å². The Morgan fingerprint density at radius 1 is 0.538 bits per heavy atom. The Bertz CT molecular complexity index is 5900. The molecule has 31 N–H and O–H groups in total. The lowest BCUT2D eigenvalue weighted by Gasteiger charge is -2.32. The molecule has 57 heteroatoms. The number of Topliss-reactive ketones (excluding diaryl/α,β-unsaturated/α-hetero) is 5. The number of aryl methyl sites for hydroxylation is 1. The minimum Gasteiger partial charge on any atom is -0.481 e. The molecule has 8 rings (SSSR count). The first kappa shape index (κ1) is 117. The number of carbonyl (C=O) groups excluding carboxylic acids is 11. The molecule has 55 nitrogen and oxygen atoms in total. The number of nitrogen functional groups attached to an aromatic ring is 1. The van der Waals surface area contributed by atoms with Crippen LogP contribution in [-0.4, -0.2) is 384 Å². The Hall–Kier alpha value is -13.0. The third kappa shape index (κ3) is 30.3. The monoisotopic (exact) mass is 2090 g/mol. The number of anilines is 2. The number of rotatable bonds is 60. The lowest BCUT2D eigenvalue weighted by atomic mass is 9.77. The van der Waals surface area contributed by atoms with Gasteiger partial charge < -0.3 is 164 Å². The van der Waals surface area contributed by atoms with Crippen molar-refractivity contribution in [1.29, 1.82) is 0 Å². The first-order chi connectivity index (χ1) is 68.4. The number of carboxylic acids is 5. The molecule has 2 aliphatic rings. The van der Waals surface area contributed by atoms with Gasteiger partial charge in [-0.2, -0.15) is 4.98 Å². The summed E-state index contributed by atoms with van der Waals surface area (Å²) in [5, 5.41) is 245. The predicted octanol–water partition coefficient (Wildman–Crippen LogP) is -9.07. The van der Waals surface area contributed by atoms with Gasteiger partial charge in [0.2, 0.25) is 29.6 Å². The van der Waals surface area contributed by atoms with Gasteiger partial charge in [-0.25, -0.2) is 29.3 Å². The first-order valence-corrected chi connectivity index (χ1v) is 47.1. The highest BCUT2D eigenvalue weighted by atomic mass is 33.1. The molecule has 4 aromatic heterocycles. The second-order valence-electron chi connectivity index (χ2n) is 34.0. The van der Waals surface area contributed by atoms with Crippen molar-refractivity contribution < 1.29 is 199 Å². The van der Waals surface area contributed by atoms with Gasteiger partial charge in [0.25, 0.3) is 17.0 Å². The number of hydrogen-bond donors (Lipinski definition) is 30. The smallest absolute Gasteiger partial charge is 0.481 e. The maximum atomic E-state index is 14.6. The molecule has 2 aromatic carbocycles. The Labute approximate surface area is 825 Å². The molecule has 145 heavy (non-hydrogen) atoms. The number of fused-ring (bicyclic) bond motifs is 6. The SMILES string of the molecule is CCc1c2c(nc3ccc(OC(=O)OCCSSC[C@@H](NC(=O)[C@@H](CC(=O)[C@H](CC(=O)O)NC(=O)[C@@H](CC(=O)[C@H](CC(=O)O)NC(=O)[C@@H](CC(=O)[C@H](CC(=O)O)NC(=O)[C@@H](CC(=O)CC[C@H](NC(=O)c4ccc(NCc5cnc6nc(N)[nH]c(=O)c6n5)cc4)C(=O)O)[C@@H](O)[C@H](O)[C@H](O)CO)[C@@H](O)[C@H](O)[C@H](O)CO)[C@@H](O)[C@H](O)[C@H](O)CO)[C@@H](O)[C@H](O)[C@H](O)CO)C(=O)O)cc13)-c1cc3c(c(=O)n1C2)CCC(=O)[C@]3(O)CC. The molecule has 0 radical (unpaired) electrons. The summed E-state index contributed by atoms with van der Waals surface area (Å²) >= 11 is 0. The third-order valence-corrected chi connectivity index (χ3v) is 26.5. The quantitative estimate of drug-likeness (QED) is 0.00728. The molecule has 6 aromatic rings. The second-order valence-corrected chi connectivity index (χ2v) is 36.6. The number of ether oxygens (including phenoxy) is 2. The number of nitrogens with one attached hydrogen (secondary N) is 7. The van der Waals surface area contributed by atoms with Crippen LogP contribution in [0.4, 0.5) is 16.4 Å². The molecular formula is C88H111N13O42S2. The lowest BCUT2D eigenvalue weighted by molar-refractivity contribution is -0.150. The number of H-pyrrole nitrogens is 1. The molecule has 1 aliphatic heterocycles. The van der Waals surface area contributed by atoms with Gasteiger partial charge in [0.05, 0.1) is 154 Å². The number of aliphatic carboxylic acids is 5. The number of carboxylic acid groups (broad SMARTS) is 5. The average molecular weight is 2090 g/mol. The summed E-state index contributed by atoms with van der Waals surface area (Å²) in [6.45, 7) is -2.55. The van der Waals surface area contributed by atoms with Gasteiger partial charge in [-0.3, -0.25) is 76.9 Å². The van der Waals surface area contributed by atoms with Crippen LogP contribution in [-0.2, 0) is 103 Å². The Kier molecular flexibility index (Phi) is 43.0. The number of aliphatic hydroxyl groups is 17. The number of aliphatic hydroxyl groups excluding tert-OH is 16. The van der Waals surface area contributed by atoms with Crippen molar-refractivity contribution in [2.45, 2.75) is 219 Å².